The van der Waals surface area contributed by atoms with Crippen LogP contribution < -0.4 is 10.1 Å². The van der Waals surface area contributed by atoms with Crippen molar-refractivity contribution in [2.24, 2.45) is 0 Å². The zero-order valence-corrected chi connectivity index (χ0v) is 13.7. The molecule has 0 aliphatic carbocycles. The van der Waals surface area contributed by atoms with E-state index in [-0.39, 0.29) is 5.75 Å². The first kappa shape index (κ1) is 16.4. The van der Waals surface area contributed by atoms with Gasteiger partial charge in [-0.05, 0) is 48.9 Å². The average Bonchev–Trinajstić information content (AvgIpc) is 2.52. The lowest BCUT2D eigenvalue weighted by Crippen LogP contribution is -2.11. The molecule has 0 atom stereocenters. The highest BCUT2D eigenvalue weighted by atomic mass is 32.2. The molecule has 0 bridgehead atoms. The molecule has 0 spiro atoms. The van der Waals surface area contributed by atoms with Crippen molar-refractivity contribution in [2.75, 3.05) is 24.2 Å². The summed E-state index contributed by atoms with van der Waals surface area (Å²) < 4.78 is 29.1. The maximum Gasteiger partial charge on any atom is 0.178 e. The van der Waals surface area contributed by atoms with Gasteiger partial charge in [-0.15, -0.1) is 0 Å². The van der Waals surface area contributed by atoms with Crippen molar-refractivity contribution >= 4 is 15.5 Å². The number of hydrogen-bond donors (Lipinski definition) is 1. The summed E-state index contributed by atoms with van der Waals surface area (Å²) in [5.74, 6) is 0.968. The second-order valence-corrected chi connectivity index (χ2v) is 7.30. The van der Waals surface area contributed by atoms with Gasteiger partial charge >= 0.3 is 0 Å². The van der Waals surface area contributed by atoms with Crippen LogP contribution in [0.25, 0.3) is 0 Å². The molecule has 22 heavy (non-hydrogen) atoms. The molecule has 0 amide bonds. The maximum absolute atomic E-state index is 11.7. The molecule has 5 heteroatoms. The highest BCUT2D eigenvalue weighted by Crippen LogP contribution is 2.15. The van der Waals surface area contributed by atoms with Crippen molar-refractivity contribution in [1.29, 1.82) is 0 Å². The fourth-order valence-electron chi connectivity index (χ4n) is 2.02. The fourth-order valence-corrected chi connectivity index (χ4v) is 2.90. The Balaban J connectivity index is 1.82. The minimum Gasteiger partial charge on any atom is -0.492 e. The van der Waals surface area contributed by atoms with Crippen LogP contribution in [0.5, 0.6) is 5.75 Å². The Hall–Kier alpha value is -2.01. The first-order valence-corrected chi connectivity index (χ1v) is 8.92. The third-order valence-corrected chi connectivity index (χ3v) is 5.03. The Morgan fingerprint density at radius 2 is 1.82 bits per heavy atom. The lowest BCUT2D eigenvalue weighted by atomic mass is 10.2. The topological polar surface area (TPSA) is 55.4 Å². The molecule has 0 saturated carbocycles. The molecular weight excluding hydrogens is 298 g/mol. The van der Waals surface area contributed by atoms with Crippen molar-refractivity contribution in [1.82, 2.24) is 0 Å². The number of rotatable bonds is 7. The van der Waals surface area contributed by atoms with E-state index < -0.39 is 9.84 Å². The van der Waals surface area contributed by atoms with Crippen molar-refractivity contribution in [3.05, 3.63) is 54.1 Å². The second-order valence-electron chi connectivity index (χ2n) is 5.02. The van der Waals surface area contributed by atoms with E-state index in [1.165, 1.54) is 0 Å². The quantitative estimate of drug-likeness (QED) is 0.796. The highest BCUT2D eigenvalue weighted by Gasteiger charge is 2.10. The molecule has 2 aromatic carbocycles. The summed E-state index contributed by atoms with van der Waals surface area (Å²) in [6, 6.07) is 14.7. The van der Waals surface area contributed by atoms with Gasteiger partial charge < -0.3 is 10.1 Å². The summed E-state index contributed by atoms with van der Waals surface area (Å²) in [6.07, 6.45) is 0. The van der Waals surface area contributed by atoms with E-state index in [9.17, 15) is 8.42 Å². The van der Waals surface area contributed by atoms with Gasteiger partial charge in [0.05, 0.1) is 10.6 Å². The molecule has 0 unspecified atom stereocenters. The van der Waals surface area contributed by atoms with E-state index in [1.807, 2.05) is 31.2 Å². The molecule has 0 aromatic heterocycles. The summed E-state index contributed by atoms with van der Waals surface area (Å²) in [5.41, 5.74) is 2.04. The molecule has 0 aliphatic rings. The Morgan fingerprint density at radius 3 is 2.45 bits per heavy atom. The number of anilines is 1. The van der Waals surface area contributed by atoms with Crippen LogP contribution in [-0.4, -0.2) is 27.3 Å². The summed E-state index contributed by atoms with van der Waals surface area (Å²) in [5, 5.41) is 3.21. The van der Waals surface area contributed by atoms with E-state index in [2.05, 4.69) is 5.32 Å². The molecule has 2 rings (SSSR count). The standard InChI is InChI=1S/C17H21NO3S/c1-3-22(19,20)17-9-7-15(8-10-17)18-11-12-21-16-6-4-5-14(2)13-16/h4-10,13,18H,3,11-12H2,1-2H3. The lowest BCUT2D eigenvalue weighted by molar-refractivity contribution is 0.332. The number of nitrogens with one attached hydrogen (secondary N) is 1. The van der Waals surface area contributed by atoms with E-state index in [0.29, 0.717) is 18.0 Å². The van der Waals surface area contributed by atoms with Gasteiger partial charge in [-0.2, -0.15) is 0 Å². The van der Waals surface area contributed by atoms with Crippen LogP contribution in [0.1, 0.15) is 12.5 Å². The van der Waals surface area contributed by atoms with Gasteiger partial charge in [0.1, 0.15) is 12.4 Å². The van der Waals surface area contributed by atoms with Gasteiger partial charge in [-0.1, -0.05) is 19.1 Å². The van der Waals surface area contributed by atoms with Crippen LogP contribution in [-0.2, 0) is 9.84 Å². The number of hydrogen-bond acceptors (Lipinski definition) is 4. The summed E-state index contributed by atoms with van der Waals surface area (Å²) >= 11 is 0. The summed E-state index contributed by atoms with van der Waals surface area (Å²) in [6.45, 7) is 4.85. The molecule has 118 valence electrons. The minimum absolute atomic E-state index is 0.115. The van der Waals surface area contributed by atoms with Gasteiger partial charge in [0.25, 0.3) is 0 Å². The van der Waals surface area contributed by atoms with Crippen LogP contribution >= 0.6 is 0 Å². The van der Waals surface area contributed by atoms with Crippen molar-refractivity contribution in [3.8, 4) is 5.75 Å². The van der Waals surface area contributed by atoms with Gasteiger partial charge in [-0.25, -0.2) is 8.42 Å². The van der Waals surface area contributed by atoms with Crippen LogP contribution in [0.2, 0.25) is 0 Å². The van der Waals surface area contributed by atoms with Crippen LogP contribution in [0, 0.1) is 6.92 Å². The summed E-state index contributed by atoms with van der Waals surface area (Å²) in [4.78, 5) is 0.358. The highest BCUT2D eigenvalue weighted by molar-refractivity contribution is 7.91. The predicted octanol–water partition coefficient (Wildman–Crippen LogP) is 3.28. The Bertz CT molecular complexity index is 709. The average molecular weight is 319 g/mol. The van der Waals surface area contributed by atoms with Gasteiger partial charge in [-0.3, -0.25) is 0 Å². The van der Waals surface area contributed by atoms with Gasteiger partial charge in [0.15, 0.2) is 9.84 Å². The Kier molecular flexibility index (Phi) is 5.44. The van der Waals surface area contributed by atoms with E-state index in [1.54, 1.807) is 31.2 Å². The van der Waals surface area contributed by atoms with Crippen LogP contribution in [0.15, 0.2) is 53.4 Å². The Morgan fingerprint density at radius 1 is 1.09 bits per heavy atom. The molecule has 4 nitrogen and oxygen atoms in total. The van der Waals surface area contributed by atoms with Crippen LogP contribution in [0.3, 0.4) is 0 Å². The Labute approximate surface area is 132 Å². The number of benzene rings is 2. The lowest BCUT2D eigenvalue weighted by Gasteiger charge is -2.09. The molecule has 0 heterocycles. The zero-order chi connectivity index (χ0) is 16.0. The molecule has 0 saturated heterocycles. The maximum atomic E-state index is 11.7. The zero-order valence-electron chi connectivity index (χ0n) is 12.9. The van der Waals surface area contributed by atoms with Crippen molar-refractivity contribution < 1.29 is 13.2 Å². The van der Waals surface area contributed by atoms with E-state index in [0.717, 1.165) is 17.0 Å². The monoisotopic (exact) mass is 319 g/mol. The first-order valence-electron chi connectivity index (χ1n) is 7.27. The minimum atomic E-state index is -3.13. The largest absolute Gasteiger partial charge is 0.492 e. The number of ether oxygens (including phenoxy) is 1. The van der Waals surface area contributed by atoms with E-state index >= 15 is 0 Å². The normalized spacial score (nSPS) is 11.2. The SMILES string of the molecule is CCS(=O)(=O)c1ccc(NCCOc2cccc(C)c2)cc1. The molecular formula is C17H21NO3S. The number of sulfone groups is 1. The molecule has 1 N–H and O–H groups in total. The second kappa shape index (κ2) is 7.31. The predicted molar refractivity (Wildman–Crippen MR) is 89.3 cm³/mol. The van der Waals surface area contributed by atoms with E-state index in [4.69, 9.17) is 4.74 Å². The van der Waals surface area contributed by atoms with Crippen LogP contribution in [0.4, 0.5) is 5.69 Å². The third kappa shape index (κ3) is 4.49. The molecule has 0 fully saturated rings. The fraction of sp³-hybridized carbons (Fsp3) is 0.294. The third-order valence-electron chi connectivity index (χ3n) is 3.28. The van der Waals surface area contributed by atoms with Crippen molar-refractivity contribution in [2.45, 2.75) is 18.7 Å². The number of aryl methyl sites for hydroxylation is 1. The smallest absolute Gasteiger partial charge is 0.178 e. The summed E-state index contributed by atoms with van der Waals surface area (Å²) in [7, 11) is -3.13. The molecule has 0 aliphatic heterocycles. The van der Waals surface area contributed by atoms with Crippen molar-refractivity contribution in [3.63, 3.8) is 0 Å². The van der Waals surface area contributed by atoms with Gasteiger partial charge in [0.2, 0.25) is 0 Å². The molecule has 2 aromatic rings. The first-order chi connectivity index (χ1) is 10.5. The molecule has 0 radical (unpaired) electrons. The van der Waals surface area contributed by atoms with Gasteiger partial charge in [0, 0.05) is 12.2 Å².